The Kier molecular flexibility index (Phi) is 8.18. The molecule has 1 aliphatic rings. The molecule has 0 aliphatic heterocycles. The van der Waals surface area contributed by atoms with Crippen molar-refractivity contribution in [1.29, 1.82) is 0 Å². The minimum Gasteiger partial charge on any atom is -0.469 e. The van der Waals surface area contributed by atoms with Gasteiger partial charge in [-0.3, -0.25) is 9.59 Å². The zero-order chi connectivity index (χ0) is 19.2. The van der Waals surface area contributed by atoms with E-state index in [1.165, 1.54) is 49.7 Å². The Morgan fingerprint density at radius 2 is 1.93 bits per heavy atom. The predicted octanol–water partition coefficient (Wildman–Crippen LogP) is 5.11. The van der Waals surface area contributed by atoms with E-state index in [9.17, 15) is 9.59 Å². The summed E-state index contributed by atoms with van der Waals surface area (Å²) in [5.41, 5.74) is 2.85. The van der Waals surface area contributed by atoms with Crippen LogP contribution in [0, 0.1) is 12.8 Å². The monoisotopic (exact) mass is 402 g/mol. The molecule has 1 N–H and O–H groups in total. The van der Waals surface area contributed by atoms with Crippen LogP contribution in [-0.4, -0.2) is 24.0 Å². The van der Waals surface area contributed by atoms with Crippen LogP contribution in [0.3, 0.4) is 0 Å². The zero-order valence-electron chi connectivity index (χ0n) is 15.9. The SMILES string of the molecule is C.COC(=O)Cc1csc(NC(=O)C(CC2CCCC2)c2ccc(C)cc2)n1. The number of nitrogens with one attached hydrogen (secondary N) is 1. The number of amides is 1. The fraction of sp³-hybridized carbons (Fsp3) is 0.500. The van der Waals surface area contributed by atoms with E-state index in [4.69, 9.17) is 0 Å². The normalized spacial score (nSPS) is 14.9. The zero-order valence-corrected chi connectivity index (χ0v) is 16.7. The van der Waals surface area contributed by atoms with Gasteiger partial charge in [-0.15, -0.1) is 11.3 Å². The second kappa shape index (κ2) is 10.4. The highest BCUT2D eigenvalue weighted by molar-refractivity contribution is 7.13. The molecule has 5 nitrogen and oxygen atoms in total. The number of hydrogen-bond acceptors (Lipinski definition) is 5. The van der Waals surface area contributed by atoms with Gasteiger partial charge in [-0.2, -0.15) is 0 Å². The van der Waals surface area contributed by atoms with Crippen LogP contribution in [0.25, 0.3) is 0 Å². The van der Waals surface area contributed by atoms with Crippen molar-refractivity contribution in [2.24, 2.45) is 5.92 Å². The number of esters is 1. The first-order valence-corrected chi connectivity index (χ1v) is 10.3. The molecule has 1 aliphatic carbocycles. The molecule has 1 amide bonds. The molecule has 1 heterocycles. The molecule has 28 heavy (non-hydrogen) atoms. The van der Waals surface area contributed by atoms with Crippen molar-refractivity contribution in [3.63, 3.8) is 0 Å². The molecule has 1 atom stereocenters. The fourth-order valence-corrected chi connectivity index (χ4v) is 4.34. The van der Waals surface area contributed by atoms with E-state index in [0.29, 0.717) is 16.7 Å². The van der Waals surface area contributed by atoms with Crippen molar-refractivity contribution in [1.82, 2.24) is 4.98 Å². The first-order valence-electron chi connectivity index (χ1n) is 9.44. The van der Waals surface area contributed by atoms with Gasteiger partial charge in [0, 0.05) is 5.38 Å². The number of anilines is 1. The lowest BCUT2D eigenvalue weighted by atomic mass is 9.87. The van der Waals surface area contributed by atoms with Crippen LogP contribution in [0.15, 0.2) is 29.6 Å². The van der Waals surface area contributed by atoms with Crippen molar-refractivity contribution in [3.05, 3.63) is 46.5 Å². The van der Waals surface area contributed by atoms with Gasteiger partial charge in [-0.1, -0.05) is 62.9 Å². The molecule has 0 spiro atoms. The van der Waals surface area contributed by atoms with Crippen molar-refractivity contribution in [3.8, 4) is 0 Å². The van der Waals surface area contributed by atoms with Crippen LogP contribution in [-0.2, 0) is 20.7 Å². The number of aryl methyl sites for hydroxylation is 1. The standard InChI is InChI=1S/C21H26N2O3S.CH4/c1-14-7-9-16(10-8-14)18(11-15-5-3-4-6-15)20(25)23-21-22-17(13-27-21)12-19(24)26-2;/h7-10,13,15,18H,3-6,11-12H2,1-2H3,(H,22,23,25);1H4. The lowest BCUT2D eigenvalue weighted by Crippen LogP contribution is -2.23. The largest absolute Gasteiger partial charge is 0.469 e. The van der Waals surface area contributed by atoms with Gasteiger partial charge >= 0.3 is 5.97 Å². The summed E-state index contributed by atoms with van der Waals surface area (Å²) in [5.74, 6) is 0.0663. The van der Waals surface area contributed by atoms with Crippen LogP contribution >= 0.6 is 11.3 Å². The molecule has 3 rings (SSSR count). The first kappa shape index (κ1) is 22.1. The number of thiazole rings is 1. The topological polar surface area (TPSA) is 68.3 Å². The summed E-state index contributed by atoms with van der Waals surface area (Å²) in [5, 5.41) is 5.27. The Morgan fingerprint density at radius 1 is 1.25 bits per heavy atom. The van der Waals surface area contributed by atoms with Gasteiger partial charge in [0.1, 0.15) is 0 Å². The maximum absolute atomic E-state index is 13.0. The highest BCUT2D eigenvalue weighted by Crippen LogP contribution is 2.35. The lowest BCUT2D eigenvalue weighted by Gasteiger charge is -2.20. The van der Waals surface area contributed by atoms with E-state index >= 15 is 0 Å². The van der Waals surface area contributed by atoms with Crippen molar-refractivity contribution >= 4 is 28.3 Å². The van der Waals surface area contributed by atoms with Crippen LogP contribution in [0.2, 0.25) is 0 Å². The third-order valence-corrected chi connectivity index (χ3v) is 5.98. The molecular formula is C22H30N2O3S. The van der Waals surface area contributed by atoms with Gasteiger partial charge in [0.05, 0.1) is 25.1 Å². The summed E-state index contributed by atoms with van der Waals surface area (Å²) < 4.78 is 4.66. The average Bonchev–Trinajstić information content (AvgIpc) is 3.32. The van der Waals surface area contributed by atoms with E-state index in [-0.39, 0.29) is 31.6 Å². The van der Waals surface area contributed by atoms with Crippen LogP contribution in [0.5, 0.6) is 0 Å². The summed E-state index contributed by atoms with van der Waals surface area (Å²) in [6, 6.07) is 8.22. The minimum atomic E-state index is -0.336. The number of benzene rings is 1. The molecule has 152 valence electrons. The van der Waals surface area contributed by atoms with E-state index < -0.39 is 0 Å². The number of aromatic nitrogens is 1. The van der Waals surface area contributed by atoms with Gasteiger partial charge in [-0.05, 0) is 24.8 Å². The lowest BCUT2D eigenvalue weighted by molar-refractivity contribution is -0.139. The smallest absolute Gasteiger partial charge is 0.311 e. The van der Waals surface area contributed by atoms with E-state index in [2.05, 4.69) is 39.3 Å². The van der Waals surface area contributed by atoms with E-state index in [1.807, 2.05) is 6.92 Å². The van der Waals surface area contributed by atoms with Crippen LogP contribution in [0.1, 0.15) is 62.3 Å². The Hall–Kier alpha value is -2.21. The van der Waals surface area contributed by atoms with E-state index in [1.54, 1.807) is 5.38 Å². The van der Waals surface area contributed by atoms with Crippen molar-refractivity contribution in [2.75, 3.05) is 12.4 Å². The molecule has 1 aromatic heterocycles. The van der Waals surface area contributed by atoms with Gasteiger partial charge in [0.2, 0.25) is 5.91 Å². The molecule has 0 radical (unpaired) electrons. The highest BCUT2D eigenvalue weighted by Gasteiger charge is 2.27. The molecule has 1 saturated carbocycles. The van der Waals surface area contributed by atoms with Gasteiger partial charge in [0.25, 0.3) is 0 Å². The second-order valence-corrected chi connectivity index (χ2v) is 8.09. The van der Waals surface area contributed by atoms with Gasteiger partial charge < -0.3 is 10.1 Å². The van der Waals surface area contributed by atoms with E-state index in [0.717, 1.165) is 12.0 Å². The second-order valence-electron chi connectivity index (χ2n) is 7.24. The summed E-state index contributed by atoms with van der Waals surface area (Å²) in [6.45, 7) is 2.05. The fourth-order valence-electron chi connectivity index (χ4n) is 3.63. The Morgan fingerprint density at radius 3 is 2.57 bits per heavy atom. The number of hydrogen-bond donors (Lipinski definition) is 1. The maximum Gasteiger partial charge on any atom is 0.311 e. The van der Waals surface area contributed by atoms with Gasteiger partial charge in [0.15, 0.2) is 5.13 Å². The molecule has 1 aromatic carbocycles. The highest BCUT2D eigenvalue weighted by atomic mass is 32.1. The first-order chi connectivity index (χ1) is 13.0. The Balaban J connectivity index is 0.00000280. The molecule has 0 saturated heterocycles. The average molecular weight is 403 g/mol. The maximum atomic E-state index is 13.0. The summed E-state index contributed by atoms with van der Waals surface area (Å²) in [4.78, 5) is 28.8. The molecule has 1 unspecified atom stereocenters. The molecule has 2 aromatic rings. The molecule has 1 fully saturated rings. The van der Waals surface area contributed by atoms with Crippen LogP contribution < -0.4 is 5.32 Å². The summed E-state index contributed by atoms with van der Waals surface area (Å²) >= 11 is 1.34. The van der Waals surface area contributed by atoms with Crippen molar-refractivity contribution < 1.29 is 14.3 Å². The molecule has 0 bridgehead atoms. The van der Waals surface area contributed by atoms with Crippen molar-refractivity contribution in [2.45, 2.75) is 58.8 Å². The summed E-state index contributed by atoms with van der Waals surface area (Å²) in [6.07, 6.45) is 5.92. The third-order valence-electron chi connectivity index (χ3n) is 5.17. The Bertz CT molecular complexity index is 779. The number of carbonyl (C=O) groups excluding carboxylic acids is 2. The molecule has 6 heteroatoms. The number of nitrogens with zero attached hydrogens (tertiary/aromatic N) is 1. The third kappa shape index (κ3) is 5.89. The summed E-state index contributed by atoms with van der Waals surface area (Å²) in [7, 11) is 1.35. The predicted molar refractivity (Wildman–Crippen MR) is 114 cm³/mol. The van der Waals surface area contributed by atoms with Crippen LogP contribution in [0.4, 0.5) is 5.13 Å². The number of rotatable bonds is 7. The Labute approximate surface area is 171 Å². The number of methoxy groups -OCH3 is 1. The van der Waals surface area contributed by atoms with Gasteiger partial charge in [-0.25, -0.2) is 4.98 Å². The molecular weight excluding hydrogens is 372 g/mol. The minimum absolute atomic E-state index is 0. The number of ether oxygens (including phenoxy) is 1. The quantitative estimate of drug-likeness (QED) is 0.654. The number of carbonyl (C=O) groups is 2.